The number of likely N-dealkylation sites (tertiary alicyclic amines) is 1. The van der Waals surface area contributed by atoms with Crippen LogP contribution in [-0.4, -0.2) is 29.7 Å². The fraction of sp³-hybridized carbons (Fsp3) is 0.833. The van der Waals surface area contributed by atoms with Crippen LogP contribution in [-0.2, 0) is 9.59 Å². The van der Waals surface area contributed by atoms with Gasteiger partial charge < -0.3 is 4.90 Å². The molecule has 0 aromatic heterocycles. The Morgan fingerprint density at radius 3 is 2.20 bits per heavy atom. The van der Waals surface area contributed by atoms with Gasteiger partial charge >= 0.3 is 0 Å². The molecule has 84 valence electrons. The third kappa shape index (κ3) is 2.80. The molecule has 1 heterocycles. The number of hydrogen-bond acceptors (Lipinski definition) is 2. The van der Waals surface area contributed by atoms with Crippen molar-refractivity contribution >= 4 is 11.7 Å². The zero-order chi connectivity index (χ0) is 10.8. The van der Waals surface area contributed by atoms with Crippen LogP contribution in [0.5, 0.6) is 0 Å². The van der Waals surface area contributed by atoms with Crippen molar-refractivity contribution < 1.29 is 9.59 Å². The maximum absolute atomic E-state index is 11.8. The minimum atomic E-state index is 0.204. The van der Waals surface area contributed by atoms with Crippen molar-refractivity contribution in [3.8, 4) is 0 Å². The molecule has 2 aliphatic rings. The molecule has 3 heteroatoms. The van der Waals surface area contributed by atoms with Gasteiger partial charge in [0.25, 0.3) is 0 Å². The molecule has 1 aliphatic heterocycles. The zero-order valence-corrected chi connectivity index (χ0v) is 9.37. The van der Waals surface area contributed by atoms with E-state index in [4.69, 9.17) is 0 Å². The number of ketones is 1. The molecular formula is C12H19NO2. The van der Waals surface area contributed by atoms with Crippen molar-refractivity contribution in [2.24, 2.45) is 11.8 Å². The van der Waals surface area contributed by atoms with E-state index in [2.05, 4.69) is 0 Å². The van der Waals surface area contributed by atoms with Crippen molar-refractivity contribution in [3.05, 3.63) is 0 Å². The predicted octanol–water partition coefficient (Wildman–Crippen LogP) is 1.61. The highest BCUT2D eigenvalue weighted by Crippen LogP contribution is 2.33. The summed E-state index contributed by atoms with van der Waals surface area (Å²) in [5.41, 5.74) is 0. The molecule has 0 bridgehead atoms. The lowest BCUT2D eigenvalue weighted by molar-refractivity contribution is -0.135. The van der Waals surface area contributed by atoms with Crippen LogP contribution >= 0.6 is 0 Å². The Morgan fingerprint density at radius 1 is 1.13 bits per heavy atom. The number of piperidine rings is 1. The number of hydrogen-bond donors (Lipinski definition) is 0. The van der Waals surface area contributed by atoms with E-state index in [-0.39, 0.29) is 11.7 Å². The predicted molar refractivity (Wildman–Crippen MR) is 57.3 cm³/mol. The third-order valence-corrected chi connectivity index (χ3v) is 3.58. The molecular weight excluding hydrogens is 190 g/mol. The zero-order valence-electron chi connectivity index (χ0n) is 9.37. The van der Waals surface area contributed by atoms with Crippen LogP contribution in [0, 0.1) is 11.8 Å². The van der Waals surface area contributed by atoms with Gasteiger partial charge in [-0.2, -0.15) is 0 Å². The van der Waals surface area contributed by atoms with E-state index in [0.717, 1.165) is 32.4 Å². The van der Waals surface area contributed by atoms with E-state index in [1.54, 1.807) is 6.92 Å². The first-order valence-corrected chi connectivity index (χ1v) is 5.95. The van der Waals surface area contributed by atoms with Crippen molar-refractivity contribution in [3.63, 3.8) is 0 Å². The van der Waals surface area contributed by atoms with Crippen LogP contribution in [0.3, 0.4) is 0 Å². The van der Waals surface area contributed by atoms with Gasteiger partial charge in [-0.05, 0) is 38.5 Å². The van der Waals surface area contributed by atoms with Gasteiger partial charge in [0.15, 0.2) is 0 Å². The van der Waals surface area contributed by atoms with Gasteiger partial charge in [0.05, 0.1) is 0 Å². The van der Waals surface area contributed by atoms with Crippen LogP contribution in [0.25, 0.3) is 0 Å². The Balaban J connectivity index is 1.76. The summed E-state index contributed by atoms with van der Waals surface area (Å²) in [5, 5.41) is 0. The average Bonchev–Trinajstić information content (AvgIpc) is 3.02. The summed E-state index contributed by atoms with van der Waals surface area (Å²) in [6.07, 6.45) is 4.94. The van der Waals surface area contributed by atoms with Crippen LogP contribution in [0.4, 0.5) is 0 Å². The van der Waals surface area contributed by atoms with Gasteiger partial charge in [-0.1, -0.05) is 0 Å². The molecule has 0 spiro atoms. The molecule has 2 fully saturated rings. The largest absolute Gasteiger partial charge is 0.343 e. The van der Waals surface area contributed by atoms with Crippen molar-refractivity contribution in [2.75, 3.05) is 13.1 Å². The molecule has 0 aromatic carbocycles. The van der Waals surface area contributed by atoms with Crippen LogP contribution in [0.15, 0.2) is 0 Å². The van der Waals surface area contributed by atoms with E-state index in [1.165, 1.54) is 12.8 Å². The Kier molecular flexibility index (Phi) is 3.08. The lowest BCUT2D eigenvalue weighted by Gasteiger charge is -2.31. The minimum absolute atomic E-state index is 0.204. The van der Waals surface area contributed by atoms with Gasteiger partial charge in [-0.3, -0.25) is 9.59 Å². The van der Waals surface area contributed by atoms with Crippen molar-refractivity contribution in [1.82, 2.24) is 4.90 Å². The first-order valence-electron chi connectivity index (χ1n) is 5.95. The molecule has 0 N–H and O–H groups in total. The summed E-state index contributed by atoms with van der Waals surface area (Å²) in [4.78, 5) is 24.9. The number of nitrogens with zero attached hydrogens (tertiary/aromatic N) is 1. The Morgan fingerprint density at radius 2 is 1.73 bits per heavy atom. The van der Waals surface area contributed by atoms with Gasteiger partial charge in [-0.25, -0.2) is 0 Å². The fourth-order valence-corrected chi connectivity index (χ4v) is 2.23. The SMILES string of the molecule is CC(=O)C1CCN(C(=O)CC2CC2)CC1. The average molecular weight is 209 g/mol. The van der Waals surface area contributed by atoms with Crippen molar-refractivity contribution in [1.29, 1.82) is 0 Å². The lowest BCUT2D eigenvalue weighted by atomic mass is 9.93. The topological polar surface area (TPSA) is 37.4 Å². The van der Waals surface area contributed by atoms with E-state index in [9.17, 15) is 9.59 Å². The number of carbonyl (C=O) groups excluding carboxylic acids is 2. The first kappa shape index (κ1) is 10.7. The molecule has 1 amide bonds. The summed E-state index contributed by atoms with van der Waals surface area (Å²) in [7, 11) is 0. The highest BCUT2D eigenvalue weighted by molar-refractivity contribution is 5.80. The number of Topliss-reactive ketones (excluding diaryl/α,β-unsaturated/α-hetero) is 1. The van der Waals surface area contributed by atoms with E-state index in [0.29, 0.717) is 11.8 Å². The highest BCUT2D eigenvalue weighted by atomic mass is 16.2. The summed E-state index contributed by atoms with van der Waals surface area (Å²) in [5.74, 6) is 1.46. The first-order chi connectivity index (χ1) is 7.16. The minimum Gasteiger partial charge on any atom is -0.343 e. The van der Waals surface area contributed by atoms with Crippen LogP contribution < -0.4 is 0 Å². The molecule has 0 unspecified atom stereocenters. The molecule has 1 aliphatic carbocycles. The van der Waals surface area contributed by atoms with Gasteiger partial charge in [0.2, 0.25) is 5.91 Å². The lowest BCUT2D eigenvalue weighted by Crippen LogP contribution is -2.40. The Bertz CT molecular complexity index is 263. The molecule has 2 rings (SSSR count). The molecule has 1 saturated heterocycles. The molecule has 3 nitrogen and oxygen atoms in total. The number of rotatable bonds is 3. The van der Waals surface area contributed by atoms with Gasteiger partial charge in [0.1, 0.15) is 5.78 Å². The van der Waals surface area contributed by atoms with E-state index in [1.807, 2.05) is 4.90 Å². The second-order valence-electron chi connectivity index (χ2n) is 4.91. The molecule has 15 heavy (non-hydrogen) atoms. The number of carbonyl (C=O) groups is 2. The summed E-state index contributed by atoms with van der Waals surface area (Å²) in [6, 6.07) is 0. The van der Waals surface area contributed by atoms with Crippen LogP contribution in [0.2, 0.25) is 0 Å². The van der Waals surface area contributed by atoms with E-state index < -0.39 is 0 Å². The number of amides is 1. The van der Waals surface area contributed by atoms with Crippen LogP contribution in [0.1, 0.15) is 39.0 Å². The monoisotopic (exact) mass is 209 g/mol. The van der Waals surface area contributed by atoms with Crippen molar-refractivity contribution in [2.45, 2.75) is 39.0 Å². The maximum Gasteiger partial charge on any atom is 0.222 e. The van der Waals surface area contributed by atoms with Gasteiger partial charge in [0, 0.05) is 25.4 Å². The normalized spacial score (nSPS) is 22.9. The summed E-state index contributed by atoms with van der Waals surface area (Å²) >= 11 is 0. The third-order valence-electron chi connectivity index (χ3n) is 3.58. The maximum atomic E-state index is 11.8. The smallest absolute Gasteiger partial charge is 0.222 e. The second kappa shape index (κ2) is 4.33. The quantitative estimate of drug-likeness (QED) is 0.708. The highest BCUT2D eigenvalue weighted by Gasteiger charge is 2.29. The van der Waals surface area contributed by atoms with Gasteiger partial charge in [-0.15, -0.1) is 0 Å². The summed E-state index contributed by atoms with van der Waals surface area (Å²) in [6.45, 7) is 3.23. The second-order valence-corrected chi connectivity index (χ2v) is 4.91. The summed E-state index contributed by atoms with van der Waals surface area (Å²) < 4.78 is 0. The molecule has 1 saturated carbocycles. The standard InChI is InChI=1S/C12H19NO2/c1-9(14)11-4-6-13(7-5-11)12(15)8-10-2-3-10/h10-11H,2-8H2,1H3. The molecule has 0 aromatic rings. The molecule has 0 atom stereocenters. The van der Waals surface area contributed by atoms with E-state index >= 15 is 0 Å². The Labute approximate surface area is 90.8 Å². The fourth-order valence-electron chi connectivity index (χ4n) is 2.23. The Hall–Kier alpha value is -0.860. The molecule has 0 radical (unpaired) electrons.